The third-order valence-electron chi connectivity index (χ3n) is 5.36. The van der Waals surface area contributed by atoms with Crippen LogP contribution in [0.15, 0.2) is 24.4 Å². The summed E-state index contributed by atoms with van der Waals surface area (Å²) in [6, 6.07) is 5.68. The fourth-order valence-electron chi connectivity index (χ4n) is 3.70. The van der Waals surface area contributed by atoms with Crippen molar-refractivity contribution in [3.63, 3.8) is 0 Å². The van der Waals surface area contributed by atoms with Gasteiger partial charge >= 0.3 is 0 Å². The van der Waals surface area contributed by atoms with E-state index < -0.39 is 0 Å². The van der Waals surface area contributed by atoms with E-state index in [0.717, 1.165) is 76.4 Å². The van der Waals surface area contributed by atoms with Crippen molar-refractivity contribution in [3.8, 4) is 0 Å². The number of nitrogens with one attached hydrogen (secondary N) is 2. The average molecular weight is 416 g/mol. The van der Waals surface area contributed by atoms with Crippen molar-refractivity contribution in [2.45, 2.75) is 39.0 Å². The van der Waals surface area contributed by atoms with E-state index in [2.05, 4.69) is 20.5 Å². The average Bonchev–Trinajstić information content (AvgIpc) is 3.10. The lowest BCUT2D eigenvalue weighted by molar-refractivity contribution is -0.121. The van der Waals surface area contributed by atoms with Crippen LogP contribution in [0.3, 0.4) is 0 Å². The lowest BCUT2D eigenvalue weighted by atomic mass is 10.2. The van der Waals surface area contributed by atoms with Crippen LogP contribution in [-0.2, 0) is 9.53 Å². The number of imidazole rings is 1. The Morgan fingerprint density at radius 2 is 1.87 bits per heavy atom. The maximum absolute atomic E-state index is 12.5. The highest BCUT2D eigenvalue weighted by Crippen LogP contribution is 2.11. The van der Waals surface area contributed by atoms with Gasteiger partial charge in [0, 0.05) is 38.8 Å². The Balaban J connectivity index is 1.23. The molecule has 30 heavy (non-hydrogen) atoms. The van der Waals surface area contributed by atoms with Crippen LogP contribution < -0.4 is 10.6 Å². The zero-order valence-corrected chi connectivity index (χ0v) is 17.9. The van der Waals surface area contributed by atoms with E-state index in [4.69, 9.17) is 4.74 Å². The third kappa shape index (κ3) is 6.53. The minimum atomic E-state index is -0.107. The topological polar surface area (TPSA) is 88.0 Å². The molecule has 3 rings (SSSR count). The highest BCUT2D eigenvalue weighted by molar-refractivity contribution is 5.94. The molecule has 2 aromatic heterocycles. The number of amides is 2. The van der Waals surface area contributed by atoms with Crippen molar-refractivity contribution >= 4 is 17.5 Å². The molecule has 0 radical (unpaired) electrons. The number of carbonyl (C=O) groups is 2. The van der Waals surface area contributed by atoms with Crippen LogP contribution in [0.4, 0.5) is 0 Å². The molecule has 0 aliphatic carbocycles. The molecular formula is C22H33N5O3. The van der Waals surface area contributed by atoms with Crippen LogP contribution in [0, 0.1) is 6.92 Å². The molecule has 1 aliphatic heterocycles. The first-order valence-electron chi connectivity index (χ1n) is 10.9. The SMILES string of the molecule is Cc1nc2ccccn2c1C(=O)NCCCCCC(=O)NCCCN1CCOCC1. The number of fused-ring (bicyclic) bond motifs is 1. The summed E-state index contributed by atoms with van der Waals surface area (Å²) in [5, 5.41) is 5.96. The smallest absolute Gasteiger partial charge is 0.270 e. The summed E-state index contributed by atoms with van der Waals surface area (Å²) in [5.41, 5.74) is 2.09. The minimum absolute atomic E-state index is 0.107. The molecule has 8 heteroatoms. The van der Waals surface area contributed by atoms with Gasteiger partial charge in [-0.2, -0.15) is 0 Å². The predicted molar refractivity (Wildman–Crippen MR) is 116 cm³/mol. The summed E-state index contributed by atoms with van der Waals surface area (Å²) < 4.78 is 7.15. The molecule has 0 aromatic carbocycles. The Morgan fingerprint density at radius 1 is 1.07 bits per heavy atom. The molecule has 8 nitrogen and oxygen atoms in total. The van der Waals surface area contributed by atoms with E-state index in [1.54, 1.807) is 0 Å². The van der Waals surface area contributed by atoms with Crippen molar-refractivity contribution in [1.29, 1.82) is 0 Å². The van der Waals surface area contributed by atoms with Crippen LogP contribution in [0.1, 0.15) is 48.3 Å². The van der Waals surface area contributed by atoms with Gasteiger partial charge in [-0.15, -0.1) is 0 Å². The van der Waals surface area contributed by atoms with E-state index in [1.165, 1.54) is 0 Å². The lowest BCUT2D eigenvalue weighted by Crippen LogP contribution is -2.38. The number of carbonyl (C=O) groups excluding carboxylic acids is 2. The molecule has 2 N–H and O–H groups in total. The van der Waals surface area contributed by atoms with E-state index in [-0.39, 0.29) is 11.8 Å². The molecule has 0 unspecified atom stereocenters. The standard InChI is InChI=1S/C22H33N5O3/c1-18-21(27-13-6-4-8-19(27)25-18)22(29)24-10-5-2-3-9-20(28)23-11-7-12-26-14-16-30-17-15-26/h4,6,8,13H,2-3,5,7,9-12,14-17H2,1H3,(H,23,28)(H,24,29). The van der Waals surface area contributed by atoms with Gasteiger partial charge in [0.05, 0.1) is 18.9 Å². The van der Waals surface area contributed by atoms with E-state index in [0.29, 0.717) is 18.7 Å². The van der Waals surface area contributed by atoms with Gasteiger partial charge in [-0.3, -0.25) is 18.9 Å². The van der Waals surface area contributed by atoms with Crippen LogP contribution in [0.25, 0.3) is 5.65 Å². The maximum Gasteiger partial charge on any atom is 0.270 e. The Labute approximate surface area is 178 Å². The van der Waals surface area contributed by atoms with Crippen molar-refractivity contribution < 1.29 is 14.3 Å². The van der Waals surface area contributed by atoms with Gasteiger partial charge < -0.3 is 15.4 Å². The zero-order valence-electron chi connectivity index (χ0n) is 17.9. The molecular weight excluding hydrogens is 382 g/mol. The Bertz CT molecular complexity index is 829. The molecule has 0 bridgehead atoms. The first-order valence-corrected chi connectivity index (χ1v) is 10.9. The number of hydrogen-bond acceptors (Lipinski definition) is 5. The Hall–Kier alpha value is -2.45. The second kappa shape index (κ2) is 11.7. The van der Waals surface area contributed by atoms with Gasteiger partial charge in [-0.05, 0) is 44.9 Å². The van der Waals surface area contributed by atoms with Crippen molar-refractivity contribution in [2.24, 2.45) is 0 Å². The highest BCUT2D eigenvalue weighted by Gasteiger charge is 2.15. The summed E-state index contributed by atoms with van der Waals surface area (Å²) >= 11 is 0. The molecule has 0 atom stereocenters. The number of ether oxygens (including phenoxy) is 1. The summed E-state index contributed by atoms with van der Waals surface area (Å²) in [4.78, 5) is 31.2. The van der Waals surface area contributed by atoms with E-state index in [9.17, 15) is 9.59 Å². The minimum Gasteiger partial charge on any atom is -0.379 e. The fourth-order valence-corrected chi connectivity index (χ4v) is 3.70. The number of pyridine rings is 1. The van der Waals surface area contributed by atoms with Crippen LogP contribution in [0.5, 0.6) is 0 Å². The van der Waals surface area contributed by atoms with Gasteiger partial charge in [0.1, 0.15) is 11.3 Å². The summed E-state index contributed by atoms with van der Waals surface area (Å²) in [6.07, 6.45) is 5.96. The van der Waals surface area contributed by atoms with E-state index in [1.807, 2.05) is 35.7 Å². The number of aryl methyl sites for hydroxylation is 1. The van der Waals surface area contributed by atoms with Crippen LogP contribution >= 0.6 is 0 Å². The second-order valence-corrected chi connectivity index (χ2v) is 7.70. The molecule has 3 heterocycles. The van der Waals surface area contributed by atoms with Crippen molar-refractivity contribution in [2.75, 3.05) is 45.9 Å². The number of nitrogens with zero attached hydrogens (tertiary/aromatic N) is 3. The summed E-state index contributed by atoms with van der Waals surface area (Å²) in [5.74, 6) is 0.00609. The first kappa shape index (κ1) is 22.2. The number of morpholine rings is 1. The van der Waals surface area contributed by atoms with Gasteiger partial charge in [-0.25, -0.2) is 4.98 Å². The Kier molecular flexibility index (Phi) is 8.65. The molecule has 0 saturated carbocycles. The molecule has 1 aliphatic rings. The van der Waals surface area contributed by atoms with Gasteiger partial charge in [0.2, 0.25) is 5.91 Å². The van der Waals surface area contributed by atoms with Crippen molar-refractivity contribution in [3.05, 3.63) is 35.8 Å². The highest BCUT2D eigenvalue weighted by atomic mass is 16.5. The predicted octanol–water partition coefficient (Wildman–Crippen LogP) is 1.77. The molecule has 1 saturated heterocycles. The number of aromatic nitrogens is 2. The monoisotopic (exact) mass is 415 g/mol. The quantitative estimate of drug-likeness (QED) is 0.546. The maximum atomic E-state index is 12.5. The van der Waals surface area contributed by atoms with Crippen LogP contribution in [-0.4, -0.2) is 72.0 Å². The first-order chi connectivity index (χ1) is 14.6. The lowest BCUT2D eigenvalue weighted by Gasteiger charge is -2.26. The zero-order chi connectivity index (χ0) is 21.2. The number of hydrogen-bond donors (Lipinski definition) is 2. The molecule has 0 spiro atoms. The Morgan fingerprint density at radius 3 is 2.70 bits per heavy atom. The molecule has 164 valence electrons. The van der Waals surface area contributed by atoms with E-state index >= 15 is 0 Å². The molecule has 1 fully saturated rings. The molecule has 2 amide bonds. The second-order valence-electron chi connectivity index (χ2n) is 7.70. The summed E-state index contributed by atoms with van der Waals surface area (Å²) in [6.45, 7) is 7.78. The normalized spacial score (nSPS) is 14.7. The van der Waals surface area contributed by atoms with Gasteiger partial charge in [0.15, 0.2) is 0 Å². The number of rotatable bonds is 11. The summed E-state index contributed by atoms with van der Waals surface area (Å²) in [7, 11) is 0. The third-order valence-corrected chi connectivity index (χ3v) is 5.36. The van der Waals surface area contributed by atoms with Crippen molar-refractivity contribution in [1.82, 2.24) is 24.9 Å². The number of unbranched alkanes of at least 4 members (excludes halogenated alkanes) is 2. The van der Waals surface area contributed by atoms with Gasteiger partial charge in [-0.1, -0.05) is 12.5 Å². The molecule has 2 aromatic rings. The van der Waals surface area contributed by atoms with Crippen LogP contribution in [0.2, 0.25) is 0 Å². The largest absolute Gasteiger partial charge is 0.379 e. The van der Waals surface area contributed by atoms with Gasteiger partial charge in [0.25, 0.3) is 5.91 Å². The fraction of sp³-hybridized carbons (Fsp3) is 0.591.